The molecule has 0 aromatic heterocycles. The predicted molar refractivity (Wildman–Crippen MR) is 104 cm³/mol. The largest absolute Gasteiger partial charge is 0.459 e. The Morgan fingerprint density at radius 1 is 0.893 bits per heavy atom. The summed E-state index contributed by atoms with van der Waals surface area (Å²) in [5, 5.41) is 2.57. The number of nitrogens with one attached hydrogen (secondary N) is 1. The van der Waals surface area contributed by atoms with E-state index in [-0.39, 0.29) is 18.8 Å². The van der Waals surface area contributed by atoms with Gasteiger partial charge < -0.3 is 14.2 Å². The van der Waals surface area contributed by atoms with Gasteiger partial charge in [-0.2, -0.15) is 0 Å². The average molecular weight is 389 g/mol. The molecule has 6 nitrogen and oxygen atoms in total. The Bertz CT molecular complexity index is 609. The summed E-state index contributed by atoms with van der Waals surface area (Å²) in [5.41, 5.74) is 0.882. The number of hydrogen-bond acceptors (Lipinski definition) is 5. The Morgan fingerprint density at radius 3 is 2.14 bits per heavy atom. The molecule has 1 aromatic carbocycles. The van der Waals surface area contributed by atoms with Crippen LogP contribution in [0.1, 0.15) is 69.8 Å². The number of benzene rings is 1. The molecule has 1 aromatic rings. The summed E-state index contributed by atoms with van der Waals surface area (Å²) in [6, 6.07) is 9.42. The predicted octanol–water partition coefficient (Wildman–Crippen LogP) is 4.46. The lowest BCUT2D eigenvalue weighted by molar-refractivity contribution is -0.171. The topological polar surface area (TPSA) is 73.9 Å². The molecule has 2 fully saturated rings. The fraction of sp³-hybridized carbons (Fsp3) is 0.636. The van der Waals surface area contributed by atoms with Crippen LogP contribution in [0.3, 0.4) is 0 Å². The van der Waals surface area contributed by atoms with Crippen molar-refractivity contribution >= 4 is 12.1 Å². The van der Waals surface area contributed by atoms with Crippen LogP contribution in [0.4, 0.5) is 4.79 Å². The molecule has 0 saturated heterocycles. The van der Waals surface area contributed by atoms with Gasteiger partial charge in [-0.15, -0.1) is 0 Å². The molecule has 1 atom stereocenters. The zero-order valence-corrected chi connectivity index (χ0v) is 16.4. The minimum absolute atomic E-state index is 0.0351. The summed E-state index contributed by atoms with van der Waals surface area (Å²) in [6.07, 6.45) is 8.29. The number of rotatable bonds is 7. The standard InChI is InChI=1S/C22H31NO5/c24-21(28-19-14-8-3-9-15-19)20(27-18-12-6-2-7-13-18)23-22(25)26-16-17-10-4-1-5-11-17/h1,4-5,10-11,18-20H,2-3,6-9,12-16H2,(H,23,25). The maximum absolute atomic E-state index is 12.7. The third-order valence-electron chi connectivity index (χ3n) is 5.39. The van der Waals surface area contributed by atoms with E-state index in [9.17, 15) is 9.59 Å². The number of esters is 1. The van der Waals surface area contributed by atoms with Gasteiger partial charge >= 0.3 is 12.1 Å². The van der Waals surface area contributed by atoms with E-state index in [2.05, 4.69) is 5.32 Å². The molecule has 3 rings (SSSR count). The zero-order valence-electron chi connectivity index (χ0n) is 16.4. The van der Waals surface area contributed by atoms with E-state index in [0.717, 1.165) is 56.9 Å². The maximum Gasteiger partial charge on any atom is 0.409 e. The van der Waals surface area contributed by atoms with Gasteiger partial charge in [0.15, 0.2) is 0 Å². The van der Waals surface area contributed by atoms with Crippen molar-refractivity contribution in [3.63, 3.8) is 0 Å². The van der Waals surface area contributed by atoms with Gasteiger partial charge in [0.25, 0.3) is 0 Å². The van der Waals surface area contributed by atoms with E-state index in [4.69, 9.17) is 14.2 Å². The number of carbonyl (C=O) groups excluding carboxylic acids is 2. The van der Waals surface area contributed by atoms with Crippen molar-refractivity contribution in [1.82, 2.24) is 5.32 Å². The van der Waals surface area contributed by atoms with Crippen molar-refractivity contribution in [3.05, 3.63) is 35.9 Å². The lowest BCUT2D eigenvalue weighted by Crippen LogP contribution is -2.47. The van der Waals surface area contributed by atoms with E-state index >= 15 is 0 Å². The highest BCUT2D eigenvalue weighted by Crippen LogP contribution is 2.23. The molecule has 1 N–H and O–H groups in total. The van der Waals surface area contributed by atoms with Crippen molar-refractivity contribution < 1.29 is 23.8 Å². The summed E-state index contributed by atoms with van der Waals surface area (Å²) in [4.78, 5) is 24.9. The van der Waals surface area contributed by atoms with Crippen LogP contribution in [0.15, 0.2) is 30.3 Å². The first kappa shape index (κ1) is 20.6. The van der Waals surface area contributed by atoms with Gasteiger partial charge in [-0.25, -0.2) is 9.59 Å². The van der Waals surface area contributed by atoms with Gasteiger partial charge in [0.1, 0.15) is 12.7 Å². The molecular formula is C22H31NO5. The third-order valence-corrected chi connectivity index (χ3v) is 5.39. The molecule has 2 aliphatic carbocycles. The molecule has 0 aliphatic heterocycles. The Hall–Kier alpha value is -2.08. The highest BCUT2D eigenvalue weighted by Gasteiger charge is 2.30. The van der Waals surface area contributed by atoms with E-state index < -0.39 is 18.3 Å². The zero-order chi connectivity index (χ0) is 19.6. The van der Waals surface area contributed by atoms with Gasteiger partial charge in [-0.1, -0.05) is 56.0 Å². The molecule has 6 heteroatoms. The Morgan fingerprint density at radius 2 is 1.50 bits per heavy atom. The number of hydrogen-bond donors (Lipinski definition) is 1. The van der Waals surface area contributed by atoms with E-state index in [0.29, 0.717) is 0 Å². The van der Waals surface area contributed by atoms with Gasteiger partial charge in [0.2, 0.25) is 6.23 Å². The van der Waals surface area contributed by atoms with E-state index in [1.165, 1.54) is 12.8 Å². The van der Waals surface area contributed by atoms with Crippen molar-refractivity contribution in [3.8, 4) is 0 Å². The molecule has 0 heterocycles. The Kier molecular flexibility index (Phi) is 8.15. The second-order valence-electron chi connectivity index (χ2n) is 7.68. The van der Waals surface area contributed by atoms with Crippen LogP contribution in [-0.4, -0.2) is 30.5 Å². The minimum Gasteiger partial charge on any atom is -0.459 e. The van der Waals surface area contributed by atoms with Gasteiger partial charge in [0, 0.05) is 0 Å². The first-order valence-electron chi connectivity index (χ1n) is 10.5. The summed E-state index contributed by atoms with van der Waals surface area (Å²) in [5.74, 6) is -0.519. The summed E-state index contributed by atoms with van der Waals surface area (Å²) in [6.45, 7) is 0.139. The number of ether oxygens (including phenoxy) is 3. The van der Waals surface area contributed by atoms with E-state index in [1.54, 1.807) is 0 Å². The summed E-state index contributed by atoms with van der Waals surface area (Å²) in [7, 11) is 0. The average Bonchev–Trinajstić information content (AvgIpc) is 2.74. The molecule has 0 radical (unpaired) electrons. The first-order valence-corrected chi connectivity index (χ1v) is 10.5. The van der Waals surface area contributed by atoms with Gasteiger partial charge in [-0.05, 0) is 44.1 Å². The van der Waals surface area contributed by atoms with Crippen LogP contribution in [0.5, 0.6) is 0 Å². The highest BCUT2D eigenvalue weighted by atomic mass is 16.6. The second kappa shape index (κ2) is 11.1. The quantitative estimate of drug-likeness (QED) is 0.550. The normalized spacial score (nSPS) is 19.6. The van der Waals surface area contributed by atoms with Crippen LogP contribution in [0, 0.1) is 0 Å². The van der Waals surface area contributed by atoms with Crippen molar-refractivity contribution in [1.29, 1.82) is 0 Å². The molecule has 1 amide bonds. The molecule has 0 bridgehead atoms. The molecule has 28 heavy (non-hydrogen) atoms. The molecule has 1 unspecified atom stereocenters. The van der Waals surface area contributed by atoms with Crippen molar-refractivity contribution in [2.75, 3.05) is 0 Å². The van der Waals surface area contributed by atoms with Gasteiger partial charge in [-0.3, -0.25) is 5.32 Å². The van der Waals surface area contributed by atoms with Crippen molar-refractivity contribution in [2.24, 2.45) is 0 Å². The number of carbonyl (C=O) groups is 2. The lowest BCUT2D eigenvalue weighted by Gasteiger charge is -2.29. The van der Waals surface area contributed by atoms with Gasteiger partial charge in [0.05, 0.1) is 6.10 Å². The van der Waals surface area contributed by atoms with Crippen LogP contribution >= 0.6 is 0 Å². The Balaban J connectivity index is 1.54. The molecule has 2 saturated carbocycles. The number of amides is 1. The van der Waals surface area contributed by atoms with E-state index in [1.807, 2.05) is 30.3 Å². The fourth-order valence-electron chi connectivity index (χ4n) is 3.82. The Labute approximate surface area is 166 Å². The molecule has 0 spiro atoms. The van der Waals surface area contributed by atoms with Crippen LogP contribution in [0.25, 0.3) is 0 Å². The summed E-state index contributed by atoms with van der Waals surface area (Å²) < 4.78 is 16.8. The van der Waals surface area contributed by atoms with Crippen LogP contribution in [-0.2, 0) is 25.6 Å². The first-order chi connectivity index (χ1) is 13.7. The smallest absolute Gasteiger partial charge is 0.409 e. The van der Waals surface area contributed by atoms with Crippen molar-refractivity contribution in [2.45, 2.75) is 89.3 Å². The van der Waals surface area contributed by atoms with Crippen LogP contribution in [0.2, 0.25) is 0 Å². The number of alkyl carbamates (subject to hydrolysis) is 1. The SMILES string of the molecule is O=C(NC(OC1CCCCC1)C(=O)OC1CCCCC1)OCc1ccccc1. The summed E-state index contributed by atoms with van der Waals surface area (Å²) >= 11 is 0. The third kappa shape index (κ3) is 6.82. The molecule has 154 valence electrons. The second-order valence-corrected chi connectivity index (χ2v) is 7.68. The molecular weight excluding hydrogens is 358 g/mol. The monoisotopic (exact) mass is 389 g/mol. The maximum atomic E-state index is 12.7. The highest BCUT2D eigenvalue weighted by molar-refractivity contribution is 5.80. The molecule has 2 aliphatic rings. The fourth-order valence-corrected chi connectivity index (χ4v) is 3.82. The minimum atomic E-state index is -1.12. The van der Waals surface area contributed by atoms with Crippen LogP contribution < -0.4 is 5.32 Å². The lowest BCUT2D eigenvalue weighted by atomic mass is 9.97.